The van der Waals surface area contributed by atoms with Crippen LogP contribution in [-0.4, -0.2) is 27.8 Å². The second-order valence-electron chi connectivity index (χ2n) is 6.63. The van der Waals surface area contributed by atoms with E-state index in [0.717, 1.165) is 11.8 Å². The number of halogens is 2. The quantitative estimate of drug-likeness (QED) is 0.324. The van der Waals surface area contributed by atoms with Gasteiger partial charge in [-0.05, 0) is 48.5 Å². The Morgan fingerprint density at radius 2 is 1.69 bits per heavy atom. The number of thioether (sulfide) groups is 1. The lowest BCUT2D eigenvalue weighted by Crippen LogP contribution is -2.22. The molecule has 0 bridgehead atoms. The number of ether oxygens (including phenoxy) is 1. The number of benzene rings is 3. The van der Waals surface area contributed by atoms with Gasteiger partial charge in [-0.1, -0.05) is 42.1 Å². The van der Waals surface area contributed by atoms with E-state index in [1.807, 2.05) is 18.2 Å². The number of rotatable bonds is 7. The summed E-state index contributed by atoms with van der Waals surface area (Å²) in [6, 6.07) is 21.7. The number of fused-ring (bicyclic) bond motifs is 1. The highest BCUT2D eigenvalue weighted by Crippen LogP contribution is 2.22. The Labute approximate surface area is 185 Å². The van der Waals surface area contributed by atoms with Gasteiger partial charge in [0.25, 0.3) is 5.56 Å². The molecule has 4 aromatic rings. The van der Waals surface area contributed by atoms with Gasteiger partial charge in [0.2, 0.25) is 5.91 Å². The van der Waals surface area contributed by atoms with Crippen LogP contribution in [0.3, 0.4) is 0 Å². The zero-order valence-corrected chi connectivity index (χ0v) is 17.4. The van der Waals surface area contributed by atoms with Gasteiger partial charge in [0, 0.05) is 5.69 Å². The number of para-hydroxylation sites is 2. The molecule has 0 aliphatic rings. The van der Waals surface area contributed by atoms with Crippen LogP contribution in [0.15, 0.2) is 88.8 Å². The van der Waals surface area contributed by atoms with Crippen LogP contribution in [0.4, 0.5) is 14.5 Å². The summed E-state index contributed by atoms with van der Waals surface area (Å²) in [5.74, 6) is -0.341. The molecule has 0 aliphatic carbocycles. The number of aromatic nitrogens is 2. The number of hydrogen-bond acceptors (Lipinski definition) is 5. The van der Waals surface area contributed by atoms with Crippen LogP contribution >= 0.6 is 11.8 Å². The van der Waals surface area contributed by atoms with Crippen molar-refractivity contribution >= 4 is 34.3 Å². The van der Waals surface area contributed by atoms with Crippen LogP contribution in [0.1, 0.15) is 0 Å². The van der Waals surface area contributed by atoms with Crippen molar-refractivity contribution < 1.29 is 18.3 Å². The molecule has 9 heteroatoms. The molecule has 0 atom stereocenters. The van der Waals surface area contributed by atoms with Gasteiger partial charge in [0.15, 0.2) is 5.16 Å². The van der Waals surface area contributed by atoms with E-state index in [1.165, 1.54) is 28.8 Å². The van der Waals surface area contributed by atoms with Crippen LogP contribution in [0.2, 0.25) is 0 Å². The van der Waals surface area contributed by atoms with Gasteiger partial charge in [-0.2, -0.15) is 8.78 Å². The second-order valence-corrected chi connectivity index (χ2v) is 7.57. The fourth-order valence-corrected chi connectivity index (χ4v) is 3.87. The maximum absolute atomic E-state index is 13.1. The Kier molecular flexibility index (Phi) is 6.46. The number of nitrogens with zero attached hydrogens (tertiary/aromatic N) is 2. The van der Waals surface area contributed by atoms with E-state index in [2.05, 4.69) is 15.0 Å². The molecule has 1 N–H and O–H groups in total. The Bertz CT molecular complexity index is 1300. The fraction of sp³-hybridized carbons (Fsp3) is 0.0870. The highest BCUT2D eigenvalue weighted by molar-refractivity contribution is 7.99. The van der Waals surface area contributed by atoms with E-state index in [1.54, 1.807) is 36.4 Å². The van der Waals surface area contributed by atoms with Gasteiger partial charge in [0.05, 0.1) is 22.3 Å². The van der Waals surface area contributed by atoms with Crippen molar-refractivity contribution in [3.05, 3.63) is 89.2 Å². The molecule has 0 unspecified atom stereocenters. The molecule has 3 aromatic carbocycles. The summed E-state index contributed by atoms with van der Waals surface area (Å²) < 4.78 is 30.3. The van der Waals surface area contributed by atoms with E-state index < -0.39 is 6.61 Å². The third-order valence-electron chi connectivity index (χ3n) is 4.45. The summed E-state index contributed by atoms with van der Waals surface area (Å²) >= 11 is 1.13. The monoisotopic (exact) mass is 453 g/mol. The number of hydrogen-bond donors (Lipinski definition) is 1. The summed E-state index contributed by atoms with van der Waals surface area (Å²) in [6.45, 7) is -2.91. The molecule has 0 spiro atoms. The third-order valence-corrected chi connectivity index (χ3v) is 5.39. The average molecular weight is 453 g/mol. The van der Waals surface area contributed by atoms with E-state index >= 15 is 0 Å². The van der Waals surface area contributed by atoms with Crippen molar-refractivity contribution in [2.45, 2.75) is 11.8 Å². The second kappa shape index (κ2) is 9.61. The Morgan fingerprint density at radius 1 is 1.00 bits per heavy atom. The van der Waals surface area contributed by atoms with E-state index in [-0.39, 0.29) is 23.0 Å². The molecule has 4 rings (SSSR count). The summed E-state index contributed by atoms with van der Waals surface area (Å²) in [4.78, 5) is 30.2. The third kappa shape index (κ3) is 4.94. The number of carbonyl (C=O) groups excluding carboxylic acids is 1. The zero-order chi connectivity index (χ0) is 22.5. The van der Waals surface area contributed by atoms with Crippen molar-refractivity contribution in [3.63, 3.8) is 0 Å². The van der Waals surface area contributed by atoms with Gasteiger partial charge >= 0.3 is 6.61 Å². The first-order valence-electron chi connectivity index (χ1n) is 9.56. The lowest BCUT2D eigenvalue weighted by atomic mass is 10.2. The Balaban J connectivity index is 1.55. The van der Waals surface area contributed by atoms with Crippen LogP contribution < -0.4 is 15.6 Å². The lowest BCUT2D eigenvalue weighted by Gasteiger charge is -2.13. The van der Waals surface area contributed by atoms with Crippen molar-refractivity contribution in [1.29, 1.82) is 0 Å². The molecule has 1 amide bonds. The highest BCUT2D eigenvalue weighted by Gasteiger charge is 2.15. The van der Waals surface area contributed by atoms with Crippen molar-refractivity contribution in [2.75, 3.05) is 11.1 Å². The first-order valence-corrected chi connectivity index (χ1v) is 10.5. The predicted molar refractivity (Wildman–Crippen MR) is 120 cm³/mol. The van der Waals surface area contributed by atoms with E-state index in [0.29, 0.717) is 27.4 Å². The van der Waals surface area contributed by atoms with Crippen LogP contribution in [0, 0.1) is 0 Å². The zero-order valence-electron chi connectivity index (χ0n) is 16.6. The molecule has 6 nitrogen and oxygen atoms in total. The molecule has 0 radical (unpaired) electrons. The standard InChI is InChI=1S/C23H17F2N3O3S/c24-22(25)31-17-12-10-15(11-13-17)26-20(29)14-32-23-27-19-9-5-4-8-18(19)21(30)28(23)16-6-2-1-3-7-16/h1-13,22H,14H2,(H,26,29). The highest BCUT2D eigenvalue weighted by atomic mass is 32.2. The summed E-state index contributed by atoms with van der Waals surface area (Å²) in [5, 5.41) is 3.55. The number of nitrogens with one attached hydrogen (secondary N) is 1. The minimum absolute atomic E-state index is 0.000356. The molecule has 0 fully saturated rings. The molecule has 1 aromatic heterocycles. The first-order chi connectivity index (χ1) is 15.5. The van der Waals surface area contributed by atoms with Gasteiger partial charge in [-0.25, -0.2) is 4.98 Å². The number of anilines is 1. The maximum Gasteiger partial charge on any atom is 0.387 e. The number of amides is 1. The fourth-order valence-electron chi connectivity index (χ4n) is 3.06. The van der Waals surface area contributed by atoms with Crippen LogP contribution in [0.25, 0.3) is 16.6 Å². The average Bonchev–Trinajstić information content (AvgIpc) is 2.79. The number of alkyl halides is 2. The largest absolute Gasteiger partial charge is 0.435 e. The molecule has 1 heterocycles. The minimum Gasteiger partial charge on any atom is -0.435 e. The van der Waals surface area contributed by atoms with E-state index in [9.17, 15) is 18.4 Å². The maximum atomic E-state index is 13.1. The van der Waals surface area contributed by atoms with Gasteiger partial charge in [-0.3, -0.25) is 14.2 Å². The Hall–Kier alpha value is -3.72. The van der Waals surface area contributed by atoms with Crippen molar-refractivity contribution in [2.24, 2.45) is 0 Å². The molecule has 32 heavy (non-hydrogen) atoms. The smallest absolute Gasteiger partial charge is 0.387 e. The lowest BCUT2D eigenvalue weighted by molar-refractivity contribution is -0.113. The van der Waals surface area contributed by atoms with Crippen LogP contribution in [0.5, 0.6) is 5.75 Å². The first kappa shape index (κ1) is 21.5. The van der Waals surface area contributed by atoms with Gasteiger partial charge in [-0.15, -0.1) is 0 Å². The summed E-state index contributed by atoms with van der Waals surface area (Å²) in [5.41, 5.74) is 1.40. The SMILES string of the molecule is O=C(CSc1nc2ccccc2c(=O)n1-c1ccccc1)Nc1ccc(OC(F)F)cc1. The molecular formula is C23H17F2N3O3S. The topological polar surface area (TPSA) is 73.2 Å². The van der Waals surface area contributed by atoms with Gasteiger partial charge in [0.1, 0.15) is 5.75 Å². The number of carbonyl (C=O) groups is 1. The van der Waals surface area contributed by atoms with Crippen molar-refractivity contribution in [3.8, 4) is 11.4 Å². The Morgan fingerprint density at radius 3 is 2.41 bits per heavy atom. The summed E-state index contributed by atoms with van der Waals surface area (Å²) in [7, 11) is 0. The molecule has 0 aliphatic heterocycles. The van der Waals surface area contributed by atoms with Gasteiger partial charge < -0.3 is 10.1 Å². The minimum atomic E-state index is -2.91. The molecule has 0 saturated carbocycles. The molecule has 0 saturated heterocycles. The summed E-state index contributed by atoms with van der Waals surface area (Å²) in [6.07, 6.45) is 0. The van der Waals surface area contributed by atoms with E-state index in [4.69, 9.17) is 0 Å². The molecular weight excluding hydrogens is 436 g/mol. The molecule has 162 valence electrons. The predicted octanol–water partition coefficient (Wildman–Crippen LogP) is 4.72. The van der Waals surface area contributed by atoms with Crippen LogP contribution in [-0.2, 0) is 4.79 Å². The van der Waals surface area contributed by atoms with Crippen molar-refractivity contribution in [1.82, 2.24) is 9.55 Å². The normalized spacial score (nSPS) is 11.0.